The molecule has 0 spiro atoms. The minimum atomic E-state index is -0.843. The Balaban J connectivity index is 2.74. The second-order valence-corrected chi connectivity index (χ2v) is 3.40. The Labute approximate surface area is 81.1 Å². The van der Waals surface area contributed by atoms with Gasteiger partial charge in [-0.05, 0) is 6.92 Å². The van der Waals surface area contributed by atoms with Crippen molar-refractivity contribution in [2.45, 2.75) is 20.4 Å². The van der Waals surface area contributed by atoms with Crippen LogP contribution in [0.4, 0.5) is 0 Å². The van der Waals surface area contributed by atoms with Crippen molar-refractivity contribution >= 4 is 17.6 Å². The monoisotopic (exact) mass is 202 g/mol. The molecule has 1 N–H and O–H groups in total. The zero-order valence-electron chi connectivity index (χ0n) is 7.49. The van der Waals surface area contributed by atoms with Crippen LogP contribution in [0.25, 0.3) is 0 Å². The van der Waals surface area contributed by atoms with Crippen LogP contribution in [0.2, 0.25) is 5.15 Å². The number of rotatable bonds is 3. The highest BCUT2D eigenvalue weighted by Crippen LogP contribution is 2.15. The minimum Gasteiger partial charge on any atom is -0.481 e. The fraction of sp³-hybridized carbons (Fsp3) is 0.500. The van der Waals surface area contributed by atoms with Gasteiger partial charge in [0.25, 0.3) is 0 Å². The van der Waals surface area contributed by atoms with Crippen LogP contribution in [0.3, 0.4) is 0 Å². The number of carbonyl (C=O) groups is 1. The molecule has 0 radical (unpaired) electrons. The number of nitrogens with zero attached hydrogens (tertiary/aromatic N) is 2. The third-order valence-corrected chi connectivity index (χ3v) is 2.30. The molecule has 0 bridgehead atoms. The molecule has 4 nitrogen and oxygen atoms in total. The lowest BCUT2D eigenvalue weighted by molar-refractivity contribution is -0.141. The van der Waals surface area contributed by atoms with Crippen molar-refractivity contribution in [3.63, 3.8) is 0 Å². The number of aliphatic carboxylic acids is 1. The molecule has 1 unspecified atom stereocenters. The van der Waals surface area contributed by atoms with Crippen molar-refractivity contribution in [3.05, 3.63) is 16.9 Å². The minimum absolute atomic E-state index is 0.308. The fourth-order valence-corrected chi connectivity index (χ4v) is 1.09. The molecule has 1 aromatic heterocycles. The van der Waals surface area contributed by atoms with Gasteiger partial charge in [0.2, 0.25) is 0 Å². The second kappa shape index (κ2) is 3.79. The van der Waals surface area contributed by atoms with Crippen molar-refractivity contribution in [3.8, 4) is 0 Å². The summed E-state index contributed by atoms with van der Waals surface area (Å²) in [5.41, 5.74) is 0.860. The van der Waals surface area contributed by atoms with E-state index in [1.54, 1.807) is 13.1 Å². The summed E-state index contributed by atoms with van der Waals surface area (Å²) in [6.45, 7) is 3.76. The van der Waals surface area contributed by atoms with E-state index in [1.807, 2.05) is 6.92 Å². The van der Waals surface area contributed by atoms with Gasteiger partial charge in [-0.15, -0.1) is 0 Å². The third-order valence-electron chi connectivity index (χ3n) is 1.81. The number of carboxylic acids is 1. The molecular formula is C8H11ClN2O2. The van der Waals surface area contributed by atoms with E-state index in [-0.39, 0.29) is 0 Å². The zero-order chi connectivity index (χ0) is 10.0. The van der Waals surface area contributed by atoms with Gasteiger partial charge < -0.3 is 5.11 Å². The van der Waals surface area contributed by atoms with Crippen LogP contribution in [0.1, 0.15) is 12.5 Å². The van der Waals surface area contributed by atoms with Gasteiger partial charge in [-0.25, -0.2) is 0 Å². The molecule has 0 aliphatic carbocycles. The quantitative estimate of drug-likeness (QED) is 0.810. The van der Waals surface area contributed by atoms with Crippen molar-refractivity contribution in [1.29, 1.82) is 0 Å². The fourth-order valence-electron chi connectivity index (χ4n) is 0.929. The Hall–Kier alpha value is -1.03. The van der Waals surface area contributed by atoms with Crippen LogP contribution in [0.15, 0.2) is 6.20 Å². The lowest BCUT2D eigenvalue weighted by Crippen LogP contribution is -2.17. The molecule has 72 valence electrons. The maximum atomic E-state index is 10.5. The Morgan fingerprint density at radius 2 is 2.46 bits per heavy atom. The summed E-state index contributed by atoms with van der Waals surface area (Å²) in [7, 11) is 0. The summed E-state index contributed by atoms with van der Waals surface area (Å²) in [5.74, 6) is -1.32. The first-order chi connectivity index (χ1) is 6.02. The van der Waals surface area contributed by atoms with Crippen LogP contribution in [-0.4, -0.2) is 20.9 Å². The van der Waals surface area contributed by atoms with Gasteiger partial charge in [0.1, 0.15) is 5.15 Å². The van der Waals surface area contributed by atoms with E-state index < -0.39 is 11.9 Å². The van der Waals surface area contributed by atoms with E-state index in [0.29, 0.717) is 11.7 Å². The number of hydrogen-bond acceptors (Lipinski definition) is 2. The van der Waals surface area contributed by atoms with Crippen LogP contribution in [0, 0.1) is 12.8 Å². The van der Waals surface area contributed by atoms with Gasteiger partial charge >= 0.3 is 5.97 Å². The van der Waals surface area contributed by atoms with Gasteiger partial charge in [-0.2, -0.15) is 5.10 Å². The smallest absolute Gasteiger partial charge is 0.308 e. The Kier molecular flexibility index (Phi) is 2.93. The highest BCUT2D eigenvalue weighted by molar-refractivity contribution is 6.30. The number of hydrogen-bond donors (Lipinski definition) is 1. The number of halogens is 1. The highest BCUT2D eigenvalue weighted by Gasteiger charge is 2.14. The molecule has 1 rings (SSSR count). The molecular weight excluding hydrogens is 192 g/mol. The van der Waals surface area contributed by atoms with Gasteiger partial charge in [0.15, 0.2) is 0 Å². The second-order valence-electron chi connectivity index (χ2n) is 3.04. The number of aromatic nitrogens is 2. The first-order valence-electron chi connectivity index (χ1n) is 3.93. The lowest BCUT2D eigenvalue weighted by Gasteiger charge is -2.06. The van der Waals surface area contributed by atoms with E-state index >= 15 is 0 Å². The molecule has 0 aromatic carbocycles. The summed E-state index contributed by atoms with van der Waals surface area (Å²) >= 11 is 5.87. The summed E-state index contributed by atoms with van der Waals surface area (Å²) in [4.78, 5) is 10.5. The zero-order valence-corrected chi connectivity index (χ0v) is 8.25. The summed E-state index contributed by atoms with van der Waals surface area (Å²) in [6, 6.07) is 0. The predicted molar refractivity (Wildman–Crippen MR) is 48.8 cm³/mol. The van der Waals surface area contributed by atoms with Crippen LogP contribution >= 0.6 is 11.6 Å². The van der Waals surface area contributed by atoms with Crippen molar-refractivity contribution in [1.82, 2.24) is 9.78 Å². The van der Waals surface area contributed by atoms with Gasteiger partial charge in [-0.1, -0.05) is 18.5 Å². The van der Waals surface area contributed by atoms with Crippen molar-refractivity contribution in [2.24, 2.45) is 5.92 Å². The van der Waals surface area contributed by atoms with E-state index in [9.17, 15) is 4.79 Å². The normalized spacial score (nSPS) is 12.8. The van der Waals surface area contributed by atoms with Crippen LogP contribution in [0.5, 0.6) is 0 Å². The molecule has 1 heterocycles. The molecule has 0 fully saturated rings. The molecule has 0 aliphatic rings. The standard InChI is InChI=1S/C8H11ClN2O2/c1-5-3-10-11(7(5)9)4-6(2)8(12)13/h3,6H,4H2,1-2H3,(H,12,13). The highest BCUT2D eigenvalue weighted by atomic mass is 35.5. The Morgan fingerprint density at radius 1 is 1.85 bits per heavy atom. The summed E-state index contributed by atoms with van der Waals surface area (Å²) < 4.78 is 1.50. The van der Waals surface area contributed by atoms with Crippen molar-refractivity contribution < 1.29 is 9.90 Å². The van der Waals surface area contributed by atoms with E-state index in [4.69, 9.17) is 16.7 Å². The molecule has 0 saturated carbocycles. The van der Waals surface area contributed by atoms with E-state index in [2.05, 4.69) is 5.10 Å². The number of aryl methyl sites for hydroxylation is 1. The Bertz CT molecular complexity index is 322. The predicted octanol–water partition coefficient (Wildman–Crippen LogP) is 1.57. The molecule has 13 heavy (non-hydrogen) atoms. The molecule has 0 aliphatic heterocycles. The van der Waals surface area contributed by atoms with Gasteiger partial charge in [0.05, 0.1) is 18.7 Å². The SMILES string of the molecule is Cc1cnn(CC(C)C(=O)O)c1Cl. The third kappa shape index (κ3) is 2.21. The average molecular weight is 203 g/mol. The maximum absolute atomic E-state index is 10.5. The molecule has 1 aromatic rings. The summed E-state index contributed by atoms with van der Waals surface area (Å²) in [5, 5.41) is 13.1. The topological polar surface area (TPSA) is 55.1 Å². The number of carboxylic acid groups (broad SMARTS) is 1. The molecule has 0 amide bonds. The average Bonchev–Trinajstić information content (AvgIpc) is 2.36. The first-order valence-corrected chi connectivity index (χ1v) is 4.31. The van der Waals surface area contributed by atoms with Crippen LogP contribution in [-0.2, 0) is 11.3 Å². The lowest BCUT2D eigenvalue weighted by atomic mass is 10.2. The van der Waals surface area contributed by atoms with Crippen LogP contribution < -0.4 is 0 Å². The molecule has 1 atom stereocenters. The maximum Gasteiger partial charge on any atom is 0.308 e. The largest absolute Gasteiger partial charge is 0.481 e. The molecule has 5 heteroatoms. The van der Waals surface area contributed by atoms with Gasteiger partial charge in [0, 0.05) is 5.56 Å². The Morgan fingerprint density at radius 3 is 2.85 bits per heavy atom. The summed E-state index contributed by atoms with van der Waals surface area (Å²) in [6.07, 6.45) is 1.62. The first kappa shape index (κ1) is 10.1. The molecule has 0 saturated heterocycles. The van der Waals surface area contributed by atoms with Gasteiger partial charge in [-0.3, -0.25) is 9.48 Å². The van der Waals surface area contributed by atoms with Crippen molar-refractivity contribution in [2.75, 3.05) is 0 Å². The van der Waals surface area contributed by atoms with E-state index in [1.165, 1.54) is 4.68 Å². The van der Waals surface area contributed by atoms with E-state index in [0.717, 1.165) is 5.56 Å².